The van der Waals surface area contributed by atoms with Crippen molar-refractivity contribution in [1.29, 1.82) is 0 Å². The highest BCUT2D eigenvalue weighted by Gasteiger charge is 2.63. The molecule has 2 N–H and O–H groups in total. The number of pyridine rings is 1. The van der Waals surface area contributed by atoms with Gasteiger partial charge in [0.1, 0.15) is 29.0 Å². The van der Waals surface area contributed by atoms with E-state index in [-0.39, 0.29) is 42.3 Å². The Morgan fingerprint density at radius 1 is 0.930 bits per heavy atom. The largest absolute Gasteiger partial charge is 0.368 e. The van der Waals surface area contributed by atoms with E-state index in [1.807, 2.05) is 18.3 Å². The van der Waals surface area contributed by atoms with Gasteiger partial charge in [-0.2, -0.15) is 4.98 Å². The average molecular weight is 776 g/mol. The van der Waals surface area contributed by atoms with Gasteiger partial charge in [0.25, 0.3) is 5.91 Å². The number of fused-ring (bicyclic) bond motifs is 3. The maximum Gasteiger partial charge on any atom is 0.270 e. The Labute approximate surface area is 329 Å². The molecule has 1 spiro atoms. The average Bonchev–Trinajstić information content (AvgIpc) is 3.51. The molecule has 5 fully saturated rings. The number of nitrogens with one attached hydrogen (secondary N) is 2. The Hall–Kier alpha value is -5.64. The summed E-state index contributed by atoms with van der Waals surface area (Å²) in [6.45, 7) is 5.02. The summed E-state index contributed by atoms with van der Waals surface area (Å²) in [6.07, 6.45) is 9.54. The van der Waals surface area contributed by atoms with Crippen molar-refractivity contribution in [2.45, 2.75) is 74.9 Å². The molecule has 0 radical (unpaired) electrons. The minimum absolute atomic E-state index is 0.0401. The van der Waals surface area contributed by atoms with Gasteiger partial charge in [0.05, 0.1) is 23.0 Å². The fourth-order valence-electron chi connectivity index (χ4n) is 9.76. The molecule has 4 aromatic rings. The summed E-state index contributed by atoms with van der Waals surface area (Å²) in [4.78, 5) is 75.7. The number of aromatic nitrogens is 4. The Kier molecular flexibility index (Phi) is 8.46. The first-order chi connectivity index (χ1) is 27.6. The maximum atomic E-state index is 15.6. The van der Waals surface area contributed by atoms with Crippen LogP contribution in [0.1, 0.15) is 73.5 Å². The second-order valence-electron chi connectivity index (χ2n) is 16.6. The van der Waals surface area contributed by atoms with E-state index in [4.69, 9.17) is 9.97 Å². The monoisotopic (exact) mass is 775 g/mol. The van der Waals surface area contributed by atoms with Gasteiger partial charge in [0.2, 0.25) is 23.7 Å². The fraction of sp³-hybridized carbons (Fsp3) is 0.488. The summed E-state index contributed by atoms with van der Waals surface area (Å²) in [5, 5.41) is 6.45. The van der Waals surface area contributed by atoms with Crippen LogP contribution in [0.2, 0.25) is 0 Å². The van der Waals surface area contributed by atoms with Crippen LogP contribution in [0.3, 0.4) is 0 Å². The molecule has 3 aromatic heterocycles. The Balaban J connectivity index is 0.778. The van der Waals surface area contributed by atoms with Gasteiger partial charge >= 0.3 is 0 Å². The first-order valence-electron chi connectivity index (χ1n) is 20.2. The molecule has 7 heterocycles. The van der Waals surface area contributed by atoms with Gasteiger partial charge in [-0.1, -0.05) is 12.8 Å². The van der Waals surface area contributed by atoms with Crippen LogP contribution in [0.25, 0.3) is 11.0 Å². The third-order valence-corrected chi connectivity index (χ3v) is 13.0. The number of carbonyl (C=O) groups excluding carboxylic acids is 4. The Morgan fingerprint density at radius 3 is 2.39 bits per heavy atom. The van der Waals surface area contributed by atoms with E-state index < -0.39 is 23.2 Å². The van der Waals surface area contributed by atoms with Crippen LogP contribution < -0.4 is 25.3 Å². The van der Waals surface area contributed by atoms with Crippen molar-refractivity contribution in [1.82, 2.24) is 34.6 Å². The topological polar surface area (TPSA) is 152 Å². The molecule has 1 aromatic carbocycles. The molecule has 3 saturated heterocycles. The summed E-state index contributed by atoms with van der Waals surface area (Å²) in [7, 11) is 3.54. The summed E-state index contributed by atoms with van der Waals surface area (Å²) in [5.41, 5.74) is 3.45. The van der Waals surface area contributed by atoms with Crippen LogP contribution in [0, 0.1) is 5.82 Å². The fourth-order valence-corrected chi connectivity index (χ4v) is 9.76. The zero-order valence-electron chi connectivity index (χ0n) is 32.2. The number of hydrogen-bond acceptors (Lipinski definition) is 11. The lowest BCUT2D eigenvalue weighted by molar-refractivity contribution is -0.135. The van der Waals surface area contributed by atoms with Crippen molar-refractivity contribution in [3.05, 3.63) is 59.8 Å². The summed E-state index contributed by atoms with van der Waals surface area (Å²) in [6, 6.07) is 8.79. The molecule has 57 heavy (non-hydrogen) atoms. The number of piperazine rings is 1. The first-order valence-corrected chi connectivity index (χ1v) is 20.2. The van der Waals surface area contributed by atoms with E-state index >= 15 is 4.39 Å². The second-order valence-corrected chi connectivity index (χ2v) is 16.6. The smallest absolute Gasteiger partial charge is 0.270 e. The van der Waals surface area contributed by atoms with Crippen LogP contribution in [0.5, 0.6) is 0 Å². The molecule has 15 nitrogen and oxygen atoms in total. The van der Waals surface area contributed by atoms with Gasteiger partial charge in [-0.05, 0) is 62.4 Å². The zero-order valence-corrected chi connectivity index (χ0v) is 32.2. The SMILES string of the molecule is CN(C)C(=O)c1cc2cnc(Nc3ccc(N4CCN(C5CN(c6ccc(F)c7c6C6(CC6)C(=O)N7C6CCC(=O)NC6=O)C5)CC4)cn3)nc2n1C1CCCC1. The van der Waals surface area contributed by atoms with Gasteiger partial charge in [0.15, 0.2) is 0 Å². The summed E-state index contributed by atoms with van der Waals surface area (Å²) in [5.74, 6) is -0.605. The van der Waals surface area contributed by atoms with Crippen molar-refractivity contribution >= 4 is 63.5 Å². The Morgan fingerprint density at radius 2 is 1.70 bits per heavy atom. The Bertz CT molecular complexity index is 2300. The minimum Gasteiger partial charge on any atom is -0.368 e. The van der Waals surface area contributed by atoms with Crippen molar-refractivity contribution in [3.8, 4) is 0 Å². The van der Waals surface area contributed by atoms with Crippen LogP contribution in [-0.2, 0) is 19.8 Å². The molecule has 2 saturated carbocycles. The van der Waals surface area contributed by atoms with E-state index in [0.29, 0.717) is 41.9 Å². The van der Waals surface area contributed by atoms with Crippen LogP contribution in [0.4, 0.5) is 33.2 Å². The normalized spacial score (nSPS) is 22.3. The van der Waals surface area contributed by atoms with E-state index in [2.05, 4.69) is 41.0 Å². The van der Waals surface area contributed by atoms with Gasteiger partial charge in [0, 0.05) is 94.7 Å². The molecule has 0 bridgehead atoms. The number of benzene rings is 1. The quantitative estimate of drug-likeness (QED) is 0.252. The lowest BCUT2D eigenvalue weighted by Gasteiger charge is -2.50. The van der Waals surface area contributed by atoms with Crippen molar-refractivity contribution in [2.75, 3.05) is 73.4 Å². The number of imide groups is 1. The van der Waals surface area contributed by atoms with Crippen LogP contribution in [0.15, 0.2) is 42.7 Å². The highest BCUT2D eigenvalue weighted by molar-refractivity contribution is 6.16. The highest BCUT2D eigenvalue weighted by atomic mass is 19.1. The van der Waals surface area contributed by atoms with E-state index in [1.54, 1.807) is 31.3 Å². The molecule has 296 valence electrons. The lowest BCUT2D eigenvalue weighted by Crippen LogP contribution is -2.63. The molecule has 1 unspecified atom stereocenters. The predicted octanol–water partition coefficient (Wildman–Crippen LogP) is 3.72. The van der Waals surface area contributed by atoms with Crippen LogP contribution >= 0.6 is 0 Å². The number of halogens is 1. The number of nitrogens with zero attached hydrogens (tertiary/aromatic N) is 9. The molecule has 6 aliphatic rings. The lowest BCUT2D eigenvalue weighted by atomic mass is 9.93. The van der Waals surface area contributed by atoms with Gasteiger partial charge in [-0.25, -0.2) is 14.4 Å². The zero-order chi connectivity index (χ0) is 39.2. The number of piperidine rings is 1. The second kappa shape index (κ2) is 13.5. The number of amides is 4. The molecule has 4 aliphatic heterocycles. The predicted molar refractivity (Wildman–Crippen MR) is 211 cm³/mol. The number of hydrogen-bond donors (Lipinski definition) is 2. The standard InChI is InChI=1S/C41H46FN11O4/c1-48(2)38(56)31-19-24-20-44-40(47-36(24)52(31)25-5-3-4-6-25)45-32-11-7-26(21-43-32)49-15-17-50(18-16-49)27-22-51(23-27)29-9-8-28(42)35-34(29)41(13-14-41)39(57)53(35)30-10-12-33(54)46-37(30)55/h7-9,11,19-21,25,27,30H,3-6,10,12-18,22-23H2,1-2H3,(H,46,54,55)(H,43,44,45,47). The van der Waals surface area contributed by atoms with Crippen molar-refractivity contribution in [3.63, 3.8) is 0 Å². The van der Waals surface area contributed by atoms with Gasteiger partial charge in [-0.15, -0.1) is 0 Å². The van der Waals surface area contributed by atoms with Gasteiger partial charge < -0.3 is 24.6 Å². The summed E-state index contributed by atoms with van der Waals surface area (Å²) >= 11 is 0. The van der Waals surface area contributed by atoms with Crippen molar-refractivity contribution in [2.24, 2.45) is 0 Å². The van der Waals surface area contributed by atoms with E-state index in [1.165, 1.54) is 11.0 Å². The third kappa shape index (κ3) is 5.89. The first kappa shape index (κ1) is 35.8. The number of anilines is 5. The van der Waals surface area contributed by atoms with Crippen molar-refractivity contribution < 1.29 is 23.6 Å². The van der Waals surface area contributed by atoms with Crippen LogP contribution in [-0.4, -0.2) is 118 Å². The molecule has 10 rings (SSSR count). The highest BCUT2D eigenvalue weighted by Crippen LogP contribution is 2.61. The van der Waals surface area contributed by atoms with E-state index in [9.17, 15) is 19.2 Å². The van der Waals surface area contributed by atoms with Gasteiger partial charge in [-0.3, -0.25) is 34.3 Å². The number of rotatable bonds is 8. The molecule has 16 heteroatoms. The number of carbonyl (C=O) groups is 4. The summed E-state index contributed by atoms with van der Waals surface area (Å²) < 4.78 is 17.7. The molecule has 1 atom stereocenters. The molecular weight excluding hydrogens is 730 g/mol. The molecule has 2 aliphatic carbocycles. The maximum absolute atomic E-state index is 15.6. The molecular formula is C41H46FN11O4. The molecule has 4 amide bonds. The third-order valence-electron chi connectivity index (χ3n) is 13.0. The minimum atomic E-state index is -0.888. The van der Waals surface area contributed by atoms with E-state index in [0.717, 1.165) is 87.4 Å².